The van der Waals surface area contributed by atoms with Crippen molar-refractivity contribution in [2.45, 2.75) is 72.1 Å². The molecule has 4 nitrogen and oxygen atoms in total. The van der Waals surface area contributed by atoms with Crippen molar-refractivity contribution in [1.82, 2.24) is 14.6 Å². The maximum absolute atomic E-state index is 4.57. The molecule has 1 aromatic carbocycles. The highest BCUT2D eigenvalue weighted by molar-refractivity contribution is 8.00. The molecular formula is C22H34N4S. The predicted octanol–water partition coefficient (Wildman–Crippen LogP) is 6.76. The van der Waals surface area contributed by atoms with Gasteiger partial charge in [0.25, 0.3) is 0 Å². The Morgan fingerprint density at radius 1 is 1.00 bits per heavy atom. The zero-order chi connectivity index (χ0) is 20.4. The Morgan fingerprint density at radius 3 is 2.19 bits per heavy atom. The first-order chi connectivity index (χ1) is 13.0. The van der Waals surface area contributed by atoms with Crippen molar-refractivity contribution in [3.63, 3.8) is 0 Å². The van der Waals surface area contributed by atoms with Gasteiger partial charge in [-0.05, 0) is 47.5 Å². The summed E-state index contributed by atoms with van der Waals surface area (Å²) < 4.78 is 5.23. The fourth-order valence-corrected chi connectivity index (χ4v) is 2.98. The van der Waals surface area contributed by atoms with Crippen molar-refractivity contribution >= 4 is 23.4 Å². The Hall–Kier alpha value is -2.01. The van der Waals surface area contributed by atoms with Gasteiger partial charge < -0.3 is 4.72 Å². The molecule has 0 atom stereocenters. The predicted molar refractivity (Wildman–Crippen MR) is 120 cm³/mol. The van der Waals surface area contributed by atoms with Crippen LogP contribution in [0.15, 0.2) is 47.5 Å². The second-order valence-electron chi connectivity index (χ2n) is 6.57. The molecule has 0 aliphatic rings. The van der Waals surface area contributed by atoms with Crippen molar-refractivity contribution in [1.29, 1.82) is 0 Å². The van der Waals surface area contributed by atoms with Crippen LogP contribution in [0.25, 0.3) is 5.65 Å². The largest absolute Gasteiger partial charge is 0.310 e. The van der Waals surface area contributed by atoms with E-state index < -0.39 is 0 Å². The summed E-state index contributed by atoms with van der Waals surface area (Å²) in [4.78, 5) is 5.53. The standard InChI is InChI=1S/C18H22N4S.2C2H6/c1-5-14-12-17-19-11-10-16(22(17)20-14)21-23-15-8-6-13(7-9-15)18(2,3)4;2*1-2/h6-12,21H,5H2,1-4H3;2*1-2H3. The summed E-state index contributed by atoms with van der Waals surface area (Å²) in [5, 5.41) is 4.57. The van der Waals surface area contributed by atoms with Crippen LogP contribution < -0.4 is 4.72 Å². The Balaban J connectivity index is 0.000000855. The fraction of sp³-hybridized carbons (Fsp3) is 0.455. The molecule has 5 heteroatoms. The molecular weight excluding hydrogens is 352 g/mol. The molecule has 1 N–H and O–H groups in total. The van der Waals surface area contributed by atoms with Crippen LogP contribution in [0.2, 0.25) is 0 Å². The quantitative estimate of drug-likeness (QED) is 0.503. The van der Waals surface area contributed by atoms with Crippen LogP contribution in [0.1, 0.15) is 66.6 Å². The number of benzene rings is 1. The van der Waals surface area contributed by atoms with E-state index in [2.05, 4.69) is 66.8 Å². The van der Waals surface area contributed by atoms with Crippen molar-refractivity contribution < 1.29 is 0 Å². The number of aromatic nitrogens is 3. The summed E-state index contributed by atoms with van der Waals surface area (Å²) in [5.41, 5.74) is 3.44. The molecule has 0 aliphatic carbocycles. The SMILES string of the molecule is CC.CC.CCc1cc2nccc(NSc3ccc(C(C)(C)C)cc3)n2n1. The van der Waals surface area contributed by atoms with Crippen molar-refractivity contribution in [2.24, 2.45) is 0 Å². The molecule has 0 bridgehead atoms. The number of anilines is 1. The lowest BCUT2D eigenvalue weighted by Crippen LogP contribution is -2.10. The first-order valence-electron chi connectivity index (χ1n) is 9.84. The lowest BCUT2D eigenvalue weighted by atomic mass is 9.87. The van der Waals surface area contributed by atoms with Gasteiger partial charge in [-0.25, -0.2) is 4.98 Å². The first-order valence-corrected chi connectivity index (χ1v) is 10.7. The van der Waals surface area contributed by atoms with Gasteiger partial charge in [0, 0.05) is 17.2 Å². The van der Waals surface area contributed by atoms with Gasteiger partial charge in [-0.3, -0.25) is 0 Å². The van der Waals surface area contributed by atoms with Crippen LogP contribution in [-0.4, -0.2) is 14.6 Å². The number of fused-ring (bicyclic) bond motifs is 1. The van der Waals surface area contributed by atoms with Gasteiger partial charge in [0.15, 0.2) is 5.65 Å². The summed E-state index contributed by atoms with van der Waals surface area (Å²) in [5.74, 6) is 0.930. The lowest BCUT2D eigenvalue weighted by molar-refractivity contribution is 0.590. The monoisotopic (exact) mass is 386 g/mol. The highest BCUT2D eigenvalue weighted by Gasteiger charge is 2.13. The van der Waals surface area contributed by atoms with E-state index in [0.717, 1.165) is 23.6 Å². The smallest absolute Gasteiger partial charge is 0.157 e. The van der Waals surface area contributed by atoms with Crippen LogP contribution in [-0.2, 0) is 11.8 Å². The van der Waals surface area contributed by atoms with Gasteiger partial charge in [0.1, 0.15) is 5.82 Å². The van der Waals surface area contributed by atoms with Gasteiger partial charge in [-0.2, -0.15) is 9.61 Å². The topological polar surface area (TPSA) is 42.2 Å². The molecule has 0 radical (unpaired) electrons. The van der Waals surface area contributed by atoms with E-state index in [-0.39, 0.29) is 5.41 Å². The normalized spacial score (nSPS) is 10.5. The molecule has 148 valence electrons. The zero-order valence-corrected chi connectivity index (χ0v) is 18.8. The third-order valence-corrected chi connectivity index (χ3v) is 4.58. The van der Waals surface area contributed by atoms with Crippen LogP contribution in [0.3, 0.4) is 0 Å². The maximum Gasteiger partial charge on any atom is 0.157 e. The average Bonchev–Trinajstić information content (AvgIpc) is 3.13. The molecule has 0 aliphatic heterocycles. The highest BCUT2D eigenvalue weighted by Crippen LogP contribution is 2.26. The fourth-order valence-electron chi connectivity index (χ4n) is 2.33. The van der Waals surface area contributed by atoms with E-state index >= 15 is 0 Å². The van der Waals surface area contributed by atoms with E-state index in [1.807, 2.05) is 50.5 Å². The molecule has 0 saturated heterocycles. The molecule has 0 fully saturated rings. The van der Waals surface area contributed by atoms with Gasteiger partial charge in [-0.1, -0.05) is 67.5 Å². The van der Waals surface area contributed by atoms with Crippen LogP contribution in [0, 0.1) is 0 Å². The Morgan fingerprint density at radius 2 is 1.63 bits per heavy atom. The second kappa shape index (κ2) is 11.0. The summed E-state index contributed by atoms with van der Waals surface area (Å²) in [7, 11) is 0. The molecule has 0 spiro atoms. The summed E-state index contributed by atoms with van der Waals surface area (Å²) in [6, 6.07) is 12.6. The zero-order valence-electron chi connectivity index (χ0n) is 18.0. The number of aryl methyl sites for hydroxylation is 1. The number of nitrogens with one attached hydrogen (secondary N) is 1. The van der Waals surface area contributed by atoms with Gasteiger partial charge >= 0.3 is 0 Å². The Bertz CT molecular complexity index is 801. The summed E-state index contributed by atoms with van der Waals surface area (Å²) in [6.07, 6.45) is 2.71. The summed E-state index contributed by atoms with van der Waals surface area (Å²) in [6.45, 7) is 16.8. The Labute approximate surface area is 168 Å². The average molecular weight is 387 g/mol. The number of hydrogen-bond acceptors (Lipinski definition) is 4. The van der Waals surface area contributed by atoms with Crippen LogP contribution >= 0.6 is 11.9 Å². The molecule has 27 heavy (non-hydrogen) atoms. The third kappa shape index (κ3) is 6.28. The van der Waals surface area contributed by atoms with Crippen LogP contribution in [0.4, 0.5) is 5.82 Å². The highest BCUT2D eigenvalue weighted by atomic mass is 32.2. The minimum atomic E-state index is 0.180. The third-order valence-electron chi connectivity index (χ3n) is 3.76. The van der Waals surface area contributed by atoms with Crippen molar-refractivity contribution in [3.05, 3.63) is 53.9 Å². The molecule has 0 unspecified atom stereocenters. The van der Waals surface area contributed by atoms with Gasteiger partial charge in [0.2, 0.25) is 0 Å². The second-order valence-corrected chi connectivity index (χ2v) is 7.45. The molecule has 0 amide bonds. The molecule has 0 saturated carbocycles. The molecule has 2 heterocycles. The van der Waals surface area contributed by atoms with E-state index in [1.54, 1.807) is 11.9 Å². The van der Waals surface area contributed by atoms with E-state index in [0.29, 0.717) is 0 Å². The molecule has 3 rings (SSSR count). The minimum absolute atomic E-state index is 0.180. The lowest BCUT2D eigenvalue weighted by Gasteiger charge is -2.19. The first kappa shape index (κ1) is 23.0. The van der Waals surface area contributed by atoms with E-state index in [4.69, 9.17) is 0 Å². The van der Waals surface area contributed by atoms with Gasteiger partial charge in [0.05, 0.1) is 5.69 Å². The van der Waals surface area contributed by atoms with Crippen molar-refractivity contribution in [2.75, 3.05) is 4.72 Å². The summed E-state index contributed by atoms with van der Waals surface area (Å²) >= 11 is 1.59. The van der Waals surface area contributed by atoms with Crippen molar-refractivity contribution in [3.8, 4) is 0 Å². The maximum atomic E-state index is 4.57. The van der Waals surface area contributed by atoms with E-state index in [9.17, 15) is 0 Å². The number of rotatable bonds is 4. The molecule has 3 aromatic rings. The number of nitrogens with zero attached hydrogens (tertiary/aromatic N) is 3. The van der Waals surface area contributed by atoms with Crippen LogP contribution in [0.5, 0.6) is 0 Å². The van der Waals surface area contributed by atoms with Gasteiger partial charge in [-0.15, -0.1) is 0 Å². The Kier molecular flexibility index (Phi) is 9.36. The van der Waals surface area contributed by atoms with E-state index in [1.165, 1.54) is 10.5 Å². The number of hydrogen-bond donors (Lipinski definition) is 1. The molecule has 2 aromatic heterocycles. The minimum Gasteiger partial charge on any atom is -0.310 e.